The average molecular weight is 225 g/mol. The van der Waals surface area contributed by atoms with E-state index in [-0.39, 0.29) is 11.1 Å². The second-order valence-corrected chi connectivity index (χ2v) is 3.24. The molecule has 0 aliphatic carbocycles. The van der Waals surface area contributed by atoms with Gasteiger partial charge in [0.1, 0.15) is 5.56 Å². The second-order valence-electron chi connectivity index (χ2n) is 3.24. The highest BCUT2D eigenvalue weighted by molar-refractivity contribution is 5.91. The predicted octanol–water partition coefficient (Wildman–Crippen LogP) is 0.0970. The number of pyridine rings is 1. The number of carboxylic acids is 1. The second kappa shape index (κ2) is 4.61. The number of H-pyrrole nitrogens is 1. The van der Waals surface area contributed by atoms with E-state index >= 15 is 0 Å². The summed E-state index contributed by atoms with van der Waals surface area (Å²) in [6.07, 6.45) is -0.394. The number of aryl methyl sites for hydroxylation is 1. The minimum atomic E-state index is -1.12. The monoisotopic (exact) mass is 225 g/mol. The number of carbonyl (C=O) groups is 2. The fourth-order valence-electron chi connectivity index (χ4n) is 1.39. The first-order valence-corrected chi connectivity index (χ1v) is 4.48. The largest absolute Gasteiger partial charge is 0.481 e. The van der Waals surface area contributed by atoms with Crippen LogP contribution in [0, 0.1) is 6.92 Å². The van der Waals surface area contributed by atoms with E-state index in [1.54, 1.807) is 6.92 Å². The van der Waals surface area contributed by atoms with Crippen LogP contribution < -0.4 is 5.56 Å². The molecule has 0 spiro atoms. The van der Waals surface area contributed by atoms with Crippen LogP contribution >= 0.6 is 0 Å². The van der Waals surface area contributed by atoms with Gasteiger partial charge < -0.3 is 14.8 Å². The maximum absolute atomic E-state index is 11.5. The topological polar surface area (TPSA) is 96.5 Å². The molecule has 1 aromatic rings. The quantitative estimate of drug-likeness (QED) is 0.711. The lowest BCUT2D eigenvalue weighted by Crippen LogP contribution is -2.23. The molecule has 0 amide bonds. The number of hydrogen-bond acceptors (Lipinski definition) is 4. The first-order chi connectivity index (χ1) is 7.45. The molecule has 1 rings (SSSR count). The molecular formula is C10H11NO5. The first-order valence-electron chi connectivity index (χ1n) is 4.48. The van der Waals surface area contributed by atoms with E-state index in [0.717, 1.165) is 7.11 Å². The van der Waals surface area contributed by atoms with Crippen molar-refractivity contribution in [3.8, 4) is 0 Å². The molecule has 1 aromatic heterocycles. The summed E-state index contributed by atoms with van der Waals surface area (Å²) in [5.74, 6) is -1.95. The van der Waals surface area contributed by atoms with Gasteiger partial charge in [0, 0.05) is 5.69 Å². The third-order valence-electron chi connectivity index (χ3n) is 1.98. The molecule has 0 fully saturated rings. The number of carbonyl (C=O) groups excluding carboxylic acids is 1. The van der Waals surface area contributed by atoms with Gasteiger partial charge in [-0.2, -0.15) is 0 Å². The molecule has 0 atom stereocenters. The van der Waals surface area contributed by atoms with Gasteiger partial charge in [-0.25, -0.2) is 4.79 Å². The molecule has 1 heterocycles. The molecule has 6 nitrogen and oxygen atoms in total. The Morgan fingerprint density at radius 2 is 2.12 bits per heavy atom. The van der Waals surface area contributed by atoms with E-state index in [0.29, 0.717) is 5.69 Å². The zero-order chi connectivity index (χ0) is 12.3. The molecule has 16 heavy (non-hydrogen) atoms. The Kier molecular flexibility index (Phi) is 3.44. The van der Waals surface area contributed by atoms with Gasteiger partial charge in [0.2, 0.25) is 0 Å². The van der Waals surface area contributed by atoms with Gasteiger partial charge in [0.05, 0.1) is 13.5 Å². The summed E-state index contributed by atoms with van der Waals surface area (Å²) < 4.78 is 4.43. The van der Waals surface area contributed by atoms with Gasteiger partial charge in [-0.1, -0.05) is 0 Å². The van der Waals surface area contributed by atoms with Crippen LogP contribution in [-0.2, 0) is 16.0 Å². The lowest BCUT2D eigenvalue weighted by molar-refractivity contribution is -0.136. The summed E-state index contributed by atoms with van der Waals surface area (Å²) in [6, 6.07) is 1.45. The Balaban J connectivity index is 3.37. The van der Waals surface area contributed by atoms with Crippen LogP contribution in [0.25, 0.3) is 0 Å². The van der Waals surface area contributed by atoms with Crippen molar-refractivity contribution < 1.29 is 19.4 Å². The summed E-state index contributed by atoms with van der Waals surface area (Å²) >= 11 is 0. The Morgan fingerprint density at radius 3 is 2.62 bits per heavy atom. The Bertz CT molecular complexity index is 488. The zero-order valence-electron chi connectivity index (χ0n) is 8.86. The molecule has 0 unspecified atom stereocenters. The number of aromatic amines is 1. The average Bonchev–Trinajstić information content (AvgIpc) is 2.14. The number of aliphatic carboxylic acids is 1. The summed E-state index contributed by atoms with van der Waals surface area (Å²) in [7, 11) is 1.13. The van der Waals surface area contributed by atoms with Gasteiger partial charge in [0.25, 0.3) is 5.56 Å². The summed E-state index contributed by atoms with van der Waals surface area (Å²) in [5.41, 5.74) is -0.242. The predicted molar refractivity (Wildman–Crippen MR) is 54.5 cm³/mol. The number of esters is 1. The van der Waals surface area contributed by atoms with Crippen LogP contribution in [0.15, 0.2) is 10.9 Å². The minimum absolute atomic E-state index is 0.153. The van der Waals surface area contributed by atoms with Crippen LogP contribution in [-0.4, -0.2) is 29.1 Å². The first kappa shape index (κ1) is 12.0. The highest BCUT2D eigenvalue weighted by atomic mass is 16.5. The van der Waals surface area contributed by atoms with E-state index in [9.17, 15) is 14.4 Å². The van der Waals surface area contributed by atoms with Crippen molar-refractivity contribution in [2.75, 3.05) is 7.11 Å². The molecule has 0 saturated carbocycles. The van der Waals surface area contributed by atoms with Gasteiger partial charge in [-0.15, -0.1) is 0 Å². The number of carboxylic acid groups (broad SMARTS) is 1. The maximum Gasteiger partial charge on any atom is 0.343 e. The number of nitrogens with one attached hydrogen (secondary N) is 1. The highest BCUT2D eigenvalue weighted by Gasteiger charge is 2.18. The fourth-order valence-corrected chi connectivity index (χ4v) is 1.39. The molecule has 0 bridgehead atoms. The number of ether oxygens (including phenoxy) is 1. The maximum atomic E-state index is 11.5. The SMILES string of the molecule is COC(=O)c1c(CC(=O)O)cc(C)[nH]c1=O. The summed E-state index contributed by atoms with van der Waals surface area (Å²) in [6.45, 7) is 1.60. The van der Waals surface area contributed by atoms with Gasteiger partial charge in [-0.3, -0.25) is 9.59 Å². The number of rotatable bonds is 3. The van der Waals surface area contributed by atoms with Gasteiger partial charge >= 0.3 is 11.9 Å². The molecule has 0 aromatic carbocycles. The van der Waals surface area contributed by atoms with E-state index in [1.165, 1.54) is 6.07 Å². The lowest BCUT2D eigenvalue weighted by Gasteiger charge is -2.05. The normalized spacial score (nSPS) is 9.88. The van der Waals surface area contributed by atoms with Gasteiger partial charge in [-0.05, 0) is 18.6 Å². The fraction of sp³-hybridized carbons (Fsp3) is 0.300. The summed E-state index contributed by atoms with van der Waals surface area (Å²) in [4.78, 5) is 35.8. The van der Waals surface area contributed by atoms with Crippen molar-refractivity contribution in [1.82, 2.24) is 4.98 Å². The number of aromatic nitrogens is 1. The van der Waals surface area contributed by atoms with E-state index in [4.69, 9.17) is 5.11 Å². The van der Waals surface area contributed by atoms with Crippen molar-refractivity contribution in [3.05, 3.63) is 33.2 Å². The number of hydrogen-bond donors (Lipinski definition) is 2. The molecule has 6 heteroatoms. The molecular weight excluding hydrogens is 214 g/mol. The number of methoxy groups -OCH3 is 1. The molecule has 0 radical (unpaired) electrons. The third-order valence-corrected chi connectivity index (χ3v) is 1.98. The Morgan fingerprint density at radius 1 is 1.50 bits per heavy atom. The highest BCUT2D eigenvalue weighted by Crippen LogP contribution is 2.07. The standard InChI is InChI=1S/C10H11NO5/c1-5-3-6(4-7(12)13)8(9(14)11-5)10(15)16-2/h3H,4H2,1-2H3,(H,11,14)(H,12,13). The zero-order valence-corrected chi connectivity index (χ0v) is 8.86. The van der Waals surface area contributed by atoms with Crippen molar-refractivity contribution >= 4 is 11.9 Å². The Labute approximate surface area is 90.9 Å². The van der Waals surface area contributed by atoms with Crippen molar-refractivity contribution in [2.45, 2.75) is 13.3 Å². The lowest BCUT2D eigenvalue weighted by atomic mass is 10.1. The van der Waals surface area contributed by atoms with Crippen molar-refractivity contribution in [3.63, 3.8) is 0 Å². The molecule has 0 aliphatic heterocycles. The van der Waals surface area contributed by atoms with Crippen LogP contribution in [0.1, 0.15) is 21.6 Å². The van der Waals surface area contributed by atoms with Crippen molar-refractivity contribution in [2.24, 2.45) is 0 Å². The van der Waals surface area contributed by atoms with Crippen LogP contribution in [0.3, 0.4) is 0 Å². The molecule has 0 saturated heterocycles. The van der Waals surface area contributed by atoms with Gasteiger partial charge in [0.15, 0.2) is 0 Å². The van der Waals surface area contributed by atoms with E-state index < -0.39 is 23.9 Å². The molecule has 2 N–H and O–H groups in total. The van der Waals surface area contributed by atoms with Crippen LogP contribution in [0.2, 0.25) is 0 Å². The summed E-state index contributed by atoms with van der Waals surface area (Å²) in [5, 5.41) is 8.66. The molecule has 0 aliphatic rings. The van der Waals surface area contributed by atoms with E-state index in [2.05, 4.69) is 9.72 Å². The smallest absolute Gasteiger partial charge is 0.343 e. The molecule has 86 valence electrons. The van der Waals surface area contributed by atoms with E-state index in [1.807, 2.05) is 0 Å². The minimum Gasteiger partial charge on any atom is -0.481 e. The van der Waals surface area contributed by atoms with Crippen LogP contribution in [0.4, 0.5) is 0 Å². The van der Waals surface area contributed by atoms with Crippen molar-refractivity contribution in [1.29, 1.82) is 0 Å². The van der Waals surface area contributed by atoms with Crippen LogP contribution in [0.5, 0.6) is 0 Å². The third kappa shape index (κ3) is 2.47. The Hall–Kier alpha value is -2.11.